The summed E-state index contributed by atoms with van der Waals surface area (Å²) >= 11 is 0.157. The zero-order valence-electron chi connectivity index (χ0n) is 22.1. The van der Waals surface area contributed by atoms with Crippen molar-refractivity contribution in [2.45, 2.75) is 81.8 Å². The van der Waals surface area contributed by atoms with E-state index in [1.807, 2.05) is 6.07 Å². The summed E-state index contributed by atoms with van der Waals surface area (Å²) in [5, 5.41) is -1.19. The van der Waals surface area contributed by atoms with Gasteiger partial charge in [0, 0.05) is 0 Å². The Morgan fingerprint density at radius 3 is 2.26 bits per heavy atom. The van der Waals surface area contributed by atoms with Crippen molar-refractivity contribution in [3.8, 4) is 0 Å². The van der Waals surface area contributed by atoms with Crippen LogP contribution < -0.4 is 4.46 Å². The van der Waals surface area contributed by atoms with Gasteiger partial charge in [0.25, 0.3) is 0 Å². The van der Waals surface area contributed by atoms with Crippen molar-refractivity contribution >= 4 is 41.1 Å². The quantitative estimate of drug-likeness (QED) is 0.197. The average molecular weight is 574 g/mol. The van der Waals surface area contributed by atoms with E-state index in [9.17, 15) is 9.36 Å². The molecule has 34 heavy (non-hydrogen) atoms. The van der Waals surface area contributed by atoms with Gasteiger partial charge in [0.1, 0.15) is 0 Å². The average Bonchev–Trinajstić information content (AvgIpc) is 3.53. The van der Waals surface area contributed by atoms with Gasteiger partial charge in [-0.05, 0) is 0 Å². The summed E-state index contributed by atoms with van der Waals surface area (Å²) in [6.07, 6.45) is 3.47. The van der Waals surface area contributed by atoms with E-state index in [1.54, 1.807) is 0 Å². The molecule has 0 radical (unpaired) electrons. The third-order valence-electron chi connectivity index (χ3n) is 7.75. The van der Waals surface area contributed by atoms with Gasteiger partial charge in [0.05, 0.1) is 0 Å². The molecule has 0 N–H and O–H groups in total. The molecule has 2 fully saturated rings. The van der Waals surface area contributed by atoms with Gasteiger partial charge in [0.15, 0.2) is 0 Å². The second-order valence-corrected chi connectivity index (χ2v) is 22.9. The Hall–Kier alpha value is -0.424. The van der Waals surface area contributed by atoms with Crippen LogP contribution in [0.3, 0.4) is 0 Å². The molecule has 2 aliphatic rings. The molecule has 0 amide bonds. The maximum atomic E-state index is 14.0. The van der Waals surface area contributed by atoms with Crippen LogP contribution in [-0.4, -0.2) is 54.5 Å². The van der Waals surface area contributed by atoms with Gasteiger partial charge in [0.2, 0.25) is 0 Å². The minimum absolute atomic E-state index is 0.0453. The van der Waals surface area contributed by atoms with Crippen LogP contribution in [0.2, 0.25) is 24.1 Å². The first-order valence-electron chi connectivity index (χ1n) is 12.5. The Balaban J connectivity index is 1.94. The second kappa shape index (κ2) is 10.9. The summed E-state index contributed by atoms with van der Waals surface area (Å²) in [5.41, 5.74) is 0. The Morgan fingerprint density at radius 2 is 1.74 bits per heavy atom. The van der Waals surface area contributed by atoms with E-state index in [2.05, 4.69) is 64.7 Å². The SMILES string of the molecule is COP(=O)(OC)[C@]1(C(=O)O[C@@H]2C[C@H](C)CC[C@H]2C(C)C)C[C@H]1C([Se]c1ccccc1)[Si](C)(C)C. The van der Waals surface area contributed by atoms with Crippen molar-refractivity contribution in [2.24, 2.45) is 23.7 Å². The van der Waals surface area contributed by atoms with Crippen LogP contribution in [0.25, 0.3) is 0 Å². The van der Waals surface area contributed by atoms with Crippen LogP contribution in [0.4, 0.5) is 0 Å². The third kappa shape index (κ3) is 5.60. The molecule has 0 spiro atoms. The molecule has 0 saturated heterocycles. The molecule has 192 valence electrons. The van der Waals surface area contributed by atoms with Crippen LogP contribution in [0.5, 0.6) is 0 Å². The molecule has 1 aromatic rings. The predicted molar refractivity (Wildman–Crippen MR) is 143 cm³/mol. The summed E-state index contributed by atoms with van der Waals surface area (Å²) in [5.74, 6) is 0.883. The number of hydrogen-bond acceptors (Lipinski definition) is 5. The van der Waals surface area contributed by atoms with Gasteiger partial charge >= 0.3 is 214 Å². The first-order valence-corrected chi connectivity index (χ1v) is 19.5. The van der Waals surface area contributed by atoms with Crippen LogP contribution in [0.1, 0.15) is 46.5 Å². The summed E-state index contributed by atoms with van der Waals surface area (Å²) in [7, 11) is -2.59. The van der Waals surface area contributed by atoms with E-state index in [4.69, 9.17) is 13.8 Å². The van der Waals surface area contributed by atoms with Gasteiger partial charge in [-0.2, -0.15) is 0 Å². The Labute approximate surface area is 213 Å². The predicted octanol–water partition coefficient (Wildman–Crippen LogP) is 5.93. The number of benzene rings is 1. The van der Waals surface area contributed by atoms with Gasteiger partial charge in [-0.3, -0.25) is 0 Å². The number of rotatable bonds is 10. The van der Waals surface area contributed by atoms with Gasteiger partial charge in [-0.15, -0.1) is 0 Å². The molecule has 0 bridgehead atoms. The third-order valence-corrected chi connectivity index (χ3v) is 19.9. The zero-order chi connectivity index (χ0) is 25.3. The molecule has 0 aromatic heterocycles. The molecule has 5 nitrogen and oxygen atoms in total. The molecule has 8 heteroatoms. The van der Waals surface area contributed by atoms with Crippen molar-refractivity contribution in [2.75, 3.05) is 14.2 Å². The number of hydrogen-bond donors (Lipinski definition) is 0. The summed E-state index contributed by atoms with van der Waals surface area (Å²) in [4.78, 5) is 14.0. The van der Waals surface area contributed by atoms with Gasteiger partial charge < -0.3 is 0 Å². The number of carbonyl (C=O) groups is 1. The second-order valence-electron chi connectivity index (χ2n) is 11.6. The van der Waals surface area contributed by atoms with Crippen LogP contribution in [0.15, 0.2) is 30.3 Å². The standard InChI is InChI=1S/C26H43O5PSeSi/c1-18(2)21-15-14-19(3)16-23(21)31-25(27)26(32(28,29-4)30-5)17-22(26)24(34(6,7)8)33-20-12-10-9-11-13-20/h9-13,18-19,21-24H,14-17H2,1-8H3/t19-,21+,22+,23-,24?,26-/m1/s1. The number of carbonyl (C=O) groups excluding carboxylic acids is 1. The molecular weight excluding hydrogens is 530 g/mol. The maximum absolute atomic E-state index is 14.0. The van der Waals surface area contributed by atoms with E-state index in [1.165, 1.54) is 18.7 Å². The van der Waals surface area contributed by atoms with Crippen LogP contribution in [-0.2, 0) is 23.1 Å². The summed E-state index contributed by atoms with van der Waals surface area (Å²) in [6, 6.07) is 10.5. The van der Waals surface area contributed by atoms with Crippen molar-refractivity contribution in [1.29, 1.82) is 0 Å². The molecule has 2 saturated carbocycles. The fourth-order valence-electron chi connectivity index (χ4n) is 5.69. The zero-order valence-corrected chi connectivity index (χ0v) is 25.7. The van der Waals surface area contributed by atoms with Gasteiger partial charge in [-0.1, -0.05) is 0 Å². The normalized spacial score (nSPS) is 30.7. The van der Waals surface area contributed by atoms with Crippen molar-refractivity contribution in [3.05, 3.63) is 30.3 Å². The Morgan fingerprint density at radius 1 is 1.12 bits per heavy atom. The minimum atomic E-state index is -3.68. The molecule has 1 aromatic carbocycles. The first-order chi connectivity index (χ1) is 15.9. The van der Waals surface area contributed by atoms with Crippen molar-refractivity contribution < 1.29 is 23.1 Å². The fourth-order valence-corrected chi connectivity index (χ4v) is 15.3. The van der Waals surface area contributed by atoms with Crippen molar-refractivity contribution in [1.82, 2.24) is 0 Å². The van der Waals surface area contributed by atoms with E-state index in [-0.39, 0.29) is 32.9 Å². The topological polar surface area (TPSA) is 61.8 Å². The molecule has 6 atom stereocenters. The Kier molecular flexibility index (Phi) is 9.03. The fraction of sp³-hybridized carbons (Fsp3) is 0.731. The van der Waals surface area contributed by atoms with Gasteiger partial charge in [-0.25, -0.2) is 0 Å². The summed E-state index contributed by atoms with van der Waals surface area (Å²) < 4.78 is 32.9. The molecular formula is C26H43O5PSeSi. The van der Waals surface area contributed by atoms with Crippen LogP contribution >= 0.6 is 7.60 Å². The summed E-state index contributed by atoms with van der Waals surface area (Å²) in [6.45, 7) is 13.7. The van der Waals surface area contributed by atoms with Crippen molar-refractivity contribution in [3.63, 3.8) is 0 Å². The van der Waals surface area contributed by atoms with E-state index < -0.39 is 20.8 Å². The van der Waals surface area contributed by atoms with E-state index in [0.717, 1.165) is 19.3 Å². The van der Waals surface area contributed by atoms with E-state index >= 15 is 0 Å². The van der Waals surface area contributed by atoms with Crippen LogP contribution in [0, 0.1) is 23.7 Å². The number of esters is 1. The monoisotopic (exact) mass is 574 g/mol. The number of ether oxygens (including phenoxy) is 1. The molecule has 2 aliphatic carbocycles. The molecule has 1 unspecified atom stereocenters. The van der Waals surface area contributed by atoms with E-state index in [0.29, 0.717) is 28.6 Å². The Bertz CT molecular complexity index is 881. The first kappa shape index (κ1) is 28.2. The molecule has 3 rings (SSSR count). The molecule has 0 aliphatic heterocycles. The molecule has 0 heterocycles.